The van der Waals surface area contributed by atoms with Crippen LogP contribution >= 0.6 is 0 Å². The van der Waals surface area contributed by atoms with Crippen LogP contribution in [0.2, 0.25) is 0 Å². The summed E-state index contributed by atoms with van der Waals surface area (Å²) in [6.45, 7) is 0. The molecule has 20 heavy (non-hydrogen) atoms. The van der Waals surface area contributed by atoms with Gasteiger partial charge in [0.25, 0.3) is 0 Å². The van der Waals surface area contributed by atoms with E-state index in [2.05, 4.69) is 0 Å². The second-order valence-electron chi connectivity index (χ2n) is 3.99. The molecule has 0 spiro atoms. The average Bonchev–Trinajstić information content (AvgIpc) is 2.53. The maximum atomic E-state index is 13.7. The van der Waals surface area contributed by atoms with Crippen molar-refractivity contribution in [2.75, 3.05) is 0 Å². The predicted molar refractivity (Wildman–Crippen MR) is 71.2 cm³/mol. The molecule has 0 nitrogen and oxygen atoms in total. The number of halogens is 4. The quantitative estimate of drug-likeness (QED) is 0.506. The Bertz CT molecular complexity index is 583. The van der Waals surface area contributed by atoms with E-state index < -0.39 is 23.3 Å². The molecule has 0 fully saturated rings. The minimum absolute atomic E-state index is 0.152. The summed E-state index contributed by atoms with van der Waals surface area (Å²) in [7, 11) is 0. The maximum Gasteiger partial charge on any atom is 0.198 e. The molecular formula is C16H10F4. The summed E-state index contributed by atoms with van der Waals surface area (Å²) < 4.78 is 54.7. The lowest BCUT2D eigenvalue weighted by atomic mass is 10.1. The predicted octanol–water partition coefficient (Wildman–Crippen LogP) is 5.60. The molecule has 0 N–H and O–H groups in total. The number of hydrogen-bond donors (Lipinski definition) is 0. The van der Waals surface area contributed by atoms with Crippen molar-refractivity contribution in [3.05, 3.63) is 83.4 Å². The van der Waals surface area contributed by atoms with E-state index in [9.17, 15) is 17.6 Å². The molecule has 4 heteroatoms. The summed E-state index contributed by atoms with van der Waals surface area (Å²) in [4.78, 5) is 0. The smallest absolute Gasteiger partial charge is 0.198 e. The average molecular weight is 278 g/mol. The van der Waals surface area contributed by atoms with Crippen molar-refractivity contribution in [1.82, 2.24) is 0 Å². The zero-order valence-corrected chi connectivity index (χ0v) is 10.3. The van der Waals surface area contributed by atoms with E-state index >= 15 is 0 Å². The summed E-state index contributed by atoms with van der Waals surface area (Å²) in [5.74, 6) is -6.57. The largest absolute Gasteiger partial charge is 0.203 e. The molecule has 102 valence electrons. The van der Waals surface area contributed by atoms with Crippen molar-refractivity contribution in [3.8, 4) is 0 Å². The summed E-state index contributed by atoms with van der Waals surface area (Å²) in [5.41, 5.74) is -0.304. The van der Waals surface area contributed by atoms with Crippen molar-refractivity contribution in [1.29, 1.82) is 0 Å². The van der Waals surface area contributed by atoms with Crippen molar-refractivity contribution >= 4 is 11.7 Å². The minimum atomic E-state index is -1.85. The van der Waals surface area contributed by atoms with E-state index in [0.717, 1.165) is 0 Å². The van der Waals surface area contributed by atoms with Crippen LogP contribution in [-0.4, -0.2) is 0 Å². The first kappa shape index (κ1) is 14.1. The van der Waals surface area contributed by atoms with Gasteiger partial charge < -0.3 is 0 Å². The van der Waals surface area contributed by atoms with Gasteiger partial charge in [-0.2, -0.15) is 0 Å². The molecule has 0 radical (unpaired) electrons. The zero-order valence-electron chi connectivity index (χ0n) is 10.3. The van der Waals surface area contributed by atoms with Gasteiger partial charge in [0.1, 0.15) is 0 Å². The Morgan fingerprint density at radius 2 is 0.800 bits per heavy atom. The van der Waals surface area contributed by atoms with Crippen LogP contribution in [0.25, 0.3) is 11.7 Å². The third-order valence-electron chi connectivity index (χ3n) is 2.63. The van der Waals surface area contributed by atoms with E-state index in [-0.39, 0.29) is 11.1 Å². The molecule has 0 saturated carbocycles. The van der Waals surface area contributed by atoms with Crippen LogP contribution in [0.1, 0.15) is 11.1 Å². The Kier molecular flexibility index (Phi) is 4.35. The molecule has 0 aromatic heterocycles. The fraction of sp³-hybridized carbons (Fsp3) is 0. The van der Waals surface area contributed by atoms with Crippen molar-refractivity contribution in [2.45, 2.75) is 0 Å². The minimum Gasteiger partial charge on any atom is -0.203 e. The highest BCUT2D eigenvalue weighted by atomic mass is 19.2. The number of benzene rings is 2. The van der Waals surface area contributed by atoms with Gasteiger partial charge >= 0.3 is 0 Å². The summed E-state index contributed by atoms with van der Waals surface area (Å²) in [5, 5.41) is 0. The summed E-state index contributed by atoms with van der Waals surface area (Å²) in [6, 6.07) is 14.1. The van der Waals surface area contributed by atoms with Gasteiger partial charge in [-0.25, -0.2) is 17.6 Å². The Hall–Kier alpha value is -2.36. The van der Waals surface area contributed by atoms with Crippen LogP contribution in [0, 0.1) is 0 Å². The summed E-state index contributed by atoms with van der Waals surface area (Å²) in [6.07, 6.45) is 0. The van der Waals surface area contributed by atoms with Crippen molar-refractivity contribution < 1.29 is 17.6 Å². The molecule has 0 aliphatic carbocycles. The molecule has 0 atom stereocenters. The van der Waals surface area contributed by atoms with Crippen LogP contribution in [-0.2, 0) is 0 Å². The van der Waals surface area contributed by atoms with Gasteiger partial charge in [0.2, 0.25) is 0 Å². The highest BCUT2D eigenvalue weighted by molar-refractivity contribution is 5.71. The lowest BCUT2D eigenvalue weighted by Crippen LogP contribution is -1.88. The monoisotopic (exact) mass is 278 g/mol. The van der Waals surface area contributed by atoms with E-state index in [1.807, 2.05) is 0 Å². The first-order valence-corrected chi connectivity index (χ1v) is 5.83. The summed E-state index contributed by atoms with van der Waals surface area (Å²) >= 11 is 0. The highest BCUT2D eigenvalue weighted by Gasteiger charge is 2.19. The van der Waals surface area contributed by atoms with Gasteiger partial charge in [-0.05, 0) is 0 Å². The van der Waals surface area contributed by atoms with Crippen LogP contribution in [0.3, 0.4) is 0 Å². The second-order valence-corrected chi connectivity index (χ2v) is 3.99. The second kappa shape index (κ2) is 6.19. The molecule has 0 heterocycles. The van der Waals surface area contributed by atoms with E-state index in [4.69, 9.17) is 0 Å². The van der Waals surface area contributed by atoms with Gasteiger partial charge in [-0.3, -0.25) is 0 Å². The number of allylic oxidation sites excluding steroid dienone is 2. The number of rotatable bonds is 3. The Morgan fingerprint density at radius 3 is 1.10 bits per heavy atom. The first-order valence-electron chi connectivity index (χ1n) is 5.83. The lowest BCUT2D eigenvalue weighted by molar-refractivity contribution is 0.519. The number of hydrogen-bond acceptors (Lipinski definition) is 0. The fourth-order valence-electron chi connectivity index (χ4n) is 1.62. The first-order chi connectivity index (χ1) is 9.61. The van der Waals surface area contributed by atoms with Crippen molar-refractivity contribution in [3.63, 3.8) is 0 Å². The maximum absolute atomic E-state index is 13.7. The molecule has 0 amide bonds. The molecule has 0 saturated heterocycles. The van der Waals surface area contributed by atoms with Crippen LogP contribution in [0.5, 0.6) is 0 Å². The Labute approximate surface area is 113 Å². The molecule has 0 aliphatic rings. The SMILES string of the molecule is FC(/C(F)=C(\F)c1ccccc1)=C(/F)c1ccccc1. The molecular weight excluding hydrogens is 268 g/mol. The topological polar surface area (TPSA) is 0 Å². The Morgan fingerprint density at radius 1 is 0.500 bits per heavy atom. The third-order valence-corrected chi connectivity index (χ3v) is 2.63. The van der Waals surface area contributed by atoms with Gasteiger partial charge in [-0.15, -0.1) is 0 Å². The van der Waals surface area contributed by atoms with Crippen molar-refractivity contribution in [2.24, 2.45) is 0 Å². The van der Waals surface area contributed by atoms with Crippen LogP contribution in [0.4, 0.5) is 17.6 Å². The third kappa shape index (κ3) is 2.96. The Balaban J connectivity index is 2.44. The molecule has 0 bridgehead atoms. The molecule has 2 aromatic carbocycles. The standard InChI is InChI=1S/C16H10F4/c17-13(11-7-3-1-4-8-11)15(19)16(20)14(18)12-9-5-2-6-10-12/h1-10H/b15-13+,16-14+. The zero-order chi connectivity index (χ0) is 14.5. The van der Waals surface area contributed by atoms with E-state index in [1.165, 1.54) is 48.5 Å². The normalized spacial score (nSPS) is 13.6. The highest BCUT2D eigenvalue weighted by Crippen LogP contribution is 2.32. The van der Waals surface area contributed by atoms with Gasteiger partial charge in [0, 0.05) is 11.1 Å². The molecule has 0 unspecified atom stereocenters. The van der Waals surface area contributed by atoms with Gasteiger partial charge in [0.15, 0.2) is 23.3 Å². The van der Waals surface area contributed by atoms with Crippen LogP contribution < -0.4 is 0 Å². The molecule has 0 aliphatic heterocycles. The fourth-order valence-corrected chi connectivity index (χ4v) is 1.62. The lowest BCUT2D eigenvalue weighted by Gasteiger charge is -2.02. The van der Waals surface area contributed by atoms with Gasteiger partial charge in [0.05, 0.1) is 0 Å². The molecule has 2 aromatic rings. The van der Waals surface area contributed by atoms with E-state index in [0.29, 0.717) is 0 Å². The van der Waals surface area contributed by atoms with Crippen LogP contribution in [0.15, 0.2) is 72.3 Å². The van der Waals surface area contributed by atoms with Gasteiger partial charge in [-0.1, -0.05) is 60.7 Å². The van der Waals surface area contributed by atoms with E-state index in [1.54, 1.807) is 12.1 Å². The molecule has 2 rings (SSSR count).